The molecule has 0 radical (unpaired) electrons. The molecular formula is C17H27BrN2. The van der Waals surface area contributed by atoms with Crippen LogP contribution >= 0.6 is 15.9 Å². The first-order chi connectivity index (χ1) is 9.52. The summed E-state index contributed by atoms with van der Waals surface area (Å²) in [5.41, 5.74) is 8.71. The molecule has 1 heterocycles. The first-order valence-corrected chi connectivity index (χ1v) is 8.62. The first kappa shape index (κ1) is 15.8. The van der Waals surface area contributed by atoms with E-state index >= 15 is 0 Å². The summed E-state index contributed by atoms with van der Waals surface area (Å²) in [4.78, 5) is 2.54. The molecule has 112 valence electrons. The number of benzene rings is 1. The molecule has 3 atom stereocenters. The highest BCUT2D eigenvalue weighted by atomic mass is 79.9. The van der Waals surface area contributed by atoms with Gasteiger partial charge in [-0.1, -0.05) is 19.9 Å². The highest BCUT2D eigenvalue weighted by molar-refractivity contribution is 9.10. The number of hydrogen-bond acceptors (Lipinski definition) is 2. The zero-order valence-electron chi connectivity index (χ0n) is 12.9. The maximum atomic E-state index is 6.05. The second-order valence-electron chi connectivity index (χ2n) is 6.21. The Kier molecular flexibility index (Phi) is 5.50. The van der Waals surface area contributed by atoms with Gasteiger partial charge in [-0.2, -0.15) is 0 Å². The molecule has 20 heavy (non-hydrogen) atoms. The number of nitrogens with two attached hydrogens (primary N) is 1. The Balaban J connectivity index is 2.16. The van der Waals surface area contributed by atoms with Crippen LogP contribution in [0.15, 0.2) is 22.7 Å². The summed E-state index contributed by atoms with van der Waals surface area (Å²) in [5.74, 6) is 0.767. The summed E-state index contributed by atoms with van der Waals surface area (Å²) in [5, 5.41) is 0. The molecule has 0 aromatic heterocycles. The Hall–Kier alpha value is -0.540. The Labute approximate surface area is 131 Å². The lowest BCUT2D eigenvalue weighted by molar-refractivity contribution is 0.363. The number of hydrogen-bond donors (Lipinski definition) is 1. The highest BCUT2D eigenvalue weighted by Gasteiger charge is 2.26. The van der Waals surface area contributed by atoms with Gasteiger partial charge < -0.3 is 10.6 Å². The van der Waals surface area contributed by atoms with Crippen LogP contribution < -0.4 is 10.6 Å². The SMILES string of the molecule is CCC(N)Cc1ccc(N2CCCC(C)C2C)c(Br)c1. The van der Waals surface area contributed by atoms with Gasteiger partial charge in [-0.15, -0.1) is 0 Å². The Morgan fingerprint density at radius 2 is 2.15 bits per heavy atom. The lowest BCUT2D eigenvalue weighted by Crippen LogP contribution is -2.42. The molecular weight excluding hydrogens is 312 g/mol. The average Bonchev–Trinajstić information content (AvgIpc) is 2.42. The second-order valence-corrected chi connectivity index (χ2v) is 7.07. The fourth-order valence-corrected chi connectivity index (χ4v) is 3.69. The minimum atomic E-state index is 0.265. The monoisotopic (exact) mass is 338 g/mol. The predicted octanol–water partition coefficient (Wildman–Crippen LogP) is 4.35. The Bertz CT molecular complexity index is 447. The van der Waals surface area contributed by atoms with Crippen LogP contribution in [0.1, 0.15) is 45.6 Å². The van der Waals surface area contributed by atoms with Gasteiger partial charge in [-0.25, -0.2) is 0 Å². The quantitative estimate of drug-likeness (QED) is 0.883. The van der Waals surface area contributed by atoms with E-state index in [4.69, 9.17) is 5.73 Å². The van der Waals surface area contributed by atoms with E-state index in [1.165, 1.54) is 28.6 Å². The van der Waals surface area contributed by atoms with Crippen LogP contribution in [0.2, 0.25) is 0 Å². The molecule has 3 heteroatoms. The number of halogens is 1. The fourth-order valence-electron chi connectivity index (χ4n) is 3.03. The molecule has 0 aliphatic carbocycles. The van der Waals surface area contributed by atoms with Crippen LogP contribution in [-0.2, 0) is 6.42 Å². The second kappa shape index (κ2) is 6.95. The van der Waals surface area contributed by atoms with E-state index in [2.05, 4.69) is 59.8 Å². The summed E-state index contributed by atoms with van der Waals surface area (Å²) in [6.45, 7) is 8.01. The minimum absolute atomic E-state index is 0.265. The van der Waals surface area contributed by atoms with Crippen molar-refractivity contribution in [1.29, 1.82) is 0 Å². The molecule has 1 aliphatic rings. The van der Waals surface area contributed by atoms with E-state index < -0.39 is 0 Å². The van der Waals surface area contributed by atoms with Crippen LogP contribution in [0, 0.1) is 5.92 Å². The summed E-state index contributed by atoms with van der Waals surface area (Å²) < 4.78 is 1.21. The zero-order chi connectivity index (χ0) is 14.7. The van der Waals surface area contributed by atoms with E-state index in [0.717, 1.165) is 25.3 Å². The number of nitrogens with zero attached hydrogens (tertiary/aromatic N) is 1. The molecule has 0 spiro atoms. The molecule has 2 N–H and O–H groups in total. The van der Waals surface area contributed by atoms with Gasteiger partial charge in [-0.3, -0.25) is 0 Å². The minimum Gasteiger partial charge on any atom is -0.368 e. The van der Waals surface area contributed by atoms with Crippen LogP contribution in [-0.4, -0.2) is 18.6 Å². The summed E-state index contributed by atoms with van der Waals surface area (Å²) in [6, 6.07) is 7.62. The van der Waals surface area contributed by atoms with Crippen molar-refractivity contribution in [3.8, 4) is 0 Å². The Morgan fingerprint density at radius 1 is 1.40 bits per heavy atom. The van der Waals surface area contributed by atoms with Gasteiger partial charge >= 0.3 is 0 Å². The van der Waals surface area contributed by atoms with Crippen molar-refractivity contribution in [3.63, 3.8) is 0 Å². The molecule has 0 bridgehead atoms. The number of anilines is 1. The molecule has 2 nitrogen and oxygen atoms in total. The van der Waals surface area contributed by atoms with Gasteiger partial charge in [0.05, 0.1) is 5.69 Å². The maximum Gasteiger partial charge on any atom is 0.0513 e. The van der Waals surface area contributed by atoms with Gasteiger partial charge in [0.1, 0.15) is 0 Å². The van der Waals surface area contributed by atoms with E-state index in [-0.39, 0.29) is 6.04 Å². The van der Waals surface area contributed by atoms with Gasteiger partial charge in [-0.05, 0) is 72.2 Å². The molecule has 2 rings (SSSR count). The third kappa shape index (κ3) is 3.56. The van der Waals surface area contributed by atoms with Crippen molar-refractivity contribution in [1.82, 2.24) is 0 Å². The normalized spacial score (nSPS) is 24.8. The zero-order valence-corrected chi connectivity index (χ0v) is 14.5. The first-order valence-electron chi connectivity index (χ1n) is 7.83. The molecule has 0 saturated carbocycles. The van der Waals surface area contributed by atoms with E-state index in [0.29, 0.717) is 6.04 Å². The van der Waals surface area contributed by atoms with Crippen molar-refractivity contribution in [2.45, 2.75) is 58.5 Å². The van der Waals surface area contributed by atoms with Crippen molar-refractivity contribution in [2.24, 2.45) is 11.7 Å². The number of piperidine rings is 1. The summed E-state index contributed by atoms with van der Waals surface area (Å²) >= 11 is 3.76. The van der Waals surface area contributed by atoms with Gasteiger partial charge in [0, 0.05) is 23.1 Å². The molecule has 1 aromatic rings. The van der Waals surface area contributed by atoms with Crippen molar-refractivity contribution >= 4 is 21.6 Å². The largest absolute Gasteiger partial charge is 0.368 e. The summed E-state index contributed by atoms with van der Waals surface area (Å²) in [7, 11) is 0. The van der Waals surface area contributed by atoms with Crippen LogP contribution in [0.5, 0.6) is 0 Å². The smallest absolute Gasteiger partial charge is 0.0513 e. The molecule has 0 amide bonds. The molecule has 1 aromatic carbocycles. The third-order valence-corrected chi connectivity index (χ3v) is 5.35. The topological polar surface area (TPSA) is 29.3 Å². The highest BCUT2D eigenvalue weighted by Crippen LogP contribution is 2.34. The van der Waals surface area contributed by atoms with E-state index in [9.17, 15) is 0 Å². The van der Waals surface area contributed by atoms with E-state index in [1.807, 2.05) is 0 Å². The maximum absolute atomic E-state index is 6.05. The van der Waals surface area contributed by atoms with Gasteiger partial charge in [0.15, 0.2) is 0 Å². The van der Waals surface area contributed by atoms with E-state index in [1.54, 1.807) is 0 Å². The predicted molar refractivity (Wildman–Crippen MR) is 91.3 cm³/mol. The van der Waals surface area contributed by atoms with Crippen LogP contribution in [0.4, 0.5) is 5.69 Å². The molecule has 1 fully saturated rings. The van der Waals surface area contributed by atoms with Crippen molar-refractivity contribution in [2.75, 3.05) is 11.4 Å². The van der Waals surface area contributed by atoms with Crippen molar-refractivity contribution in [3.05, 3.63) is 28.2 Å². The average molecular weight is 339 g/mol. The summed E-state index contributed by atoms with van der Waals surface area (Å²) in [6.07, 6.45) is 4.63. The van der Waals surface area contributed by atoms with Crippen LogP contribution in [0.3, 0.4) is 0 Å². The fraction of sp³-hybridized carbons (Fsp3) is 0.647. The standard InChI is InChI=1S/C17H27BrN2/c1-4-15(19)10-14-7-8-17(16(18)11-14)20-9-5-6-12(2)13(20)3/h7-8,11-13,15H,4-6,9-10,19H2,1-3H3. The lowest BCUT2D eigenvalue weighted by Gasteiger charge is -2.40. The van der Waals surface area contributed by atoms with Crippen molar-refractivity contribution < 1.29 is 0 Å². The number of rotatable bonds is 4. The molecule has 3 unspecified atom stereocenters. The third-order valence-electron chi connectivity index (χ3n) is 4.72. The van der Waals surface area contributed by atoms with Gasteiger partial charge in [0.2, 0.25) is 0 Å². The van der Waals surface area contributed by atoms with Gasteiger partial charge in [0.25, 0.3) is 0 Å². The Morgan fingerprint density at radius 3 is 2.80 bits per heavy atom. The lowest BCUT2D eigenvalue weighted by atomic mass is 9.91. The molecule has 1 aliphatic heterocycles. The van der Waals surface area contributed by atoms with Crippen LogP contribution in [0.25, 0.3) is 0 Å². The molecule has 1 saturated heterocycles.